The monoisotopic (exact) mass is 690 g/mol. The van der Waals surface area contributed by atoms with Crippen molar-refractivity contribution >= 4 is 94.2 Å². The molecule has 0 saturated heterocycles. The van der Waals surface area contributed by atoms with Gasteiger partial charge in [0.15, 0.2) is 0 Å². The van der Waals surface area contributed by atoms with Gasteiger partial charge in [-0.05, 0) is 102 Å². The van der Waals surface area contributed by atoms with E-state index in [0.717, 1.165) is 87.7 Å². The fraction of sp³-hybridized carbons (Fsp3) is 0. The Morgan fingerprint density at radius 2 is 0.870 bits per heavy atom. The molecule has 0 aliphatic rings. The van der Waals surface area contributed by atoms with E-state index >= 15 is 0 Å². The van der Waals surface area contributed by atoms with Crippen LogP contribution in [0.5, 0.6) is 11.5 Å². The Bertz CT molecular complexity index is 3090. The smallest absolute Gasteiger partial charge is 0.143 e. The van der Waals surface area contributed by atoms with Crippen LogP contribution < -0.4 is 16.4 Å². The fourth-order valence-electron chi connectivity index (χ4n) is 8.43. The lowest BCUT2D eigenvalue weighted by Crippen LogP contribution is -2.39. The van der Waals surface area contributed by atoms with Gasteiger partial charge in [0, 0.05) is 16.3 Å². The molecule has 6 heteroatoms. The van der Waals surface area contributed by atoms with Crippen LogP contribution in [0.1, 0.15) is 0 Å². The van der Waals surface area contributed by atoms with Crippen molar-refractivity contribution in [1.29, 1.82) is 0 Å². The SMILES string of the molecule is Bc1c(B)c(O)c(-c2c3ccccc3c(-c3ccc4oc5cc(-c6cccc(-c7ccc8ccccc8c7)c6)ccc5c4c3)c3ccccc23)c(O)c1B. The van der Waals surface area contributed by atoms with Crippen molar-refractivity contribution < 1.29 is 14.6 Å². The minimum Gasteiger partial charge on any atom is -0.508 e. The predicted octanol–water partition coefficient (Wildman–Crippen LogP) is 7.90. The molecular formula is C48H33B3O3. The van der Waals surface area contributed by atoms with Gasteiger partial charge in [0.25, 0.3) is 0 Å². The molecule has 252 valence electrons. The number of hydrogen-bond donors (Lipinski definition) is 2. The summed E-state index contributed by atoms with van der Waals surface area (Å²) in [6, 6.07) is 53.4. The lowest BCUT2D eigenvalue weighted by molar-refractivity contribution is 0.460. The molecule has 1 heterocycles. The molecule has 0 aliphatic heterocycles. The maximum Gasteiger partial charge on any atom is 0.143 e. The summed E-state index contributed by atoms with van der Waals surface area (Å²) in [4.78, 5) is 0. The number of fused-ring (bicyclic) bond motifs is 6. The zero-order chi connectivity index (χ0) is 36.7. The van der Waals surface area contributed by atoms with Crippen molar-refractivity contribution in [2.75, 3.05) is 0 Å². The quantitative estimate of drug-likeness (QED) is 0.146. The van der Waals surface area contributed by atoms with Crippen molar-refractivity contribution in [3.63, 3.8) is 0 Å². The van der Waals surface area contributed by atoms with Gasteiger partial charge < -0.3 is 14.6 Å². The zero-order valence-electron chi connectivity index (χ0n) is 30.2. The van der Waals surface area contributed by atoms with Gasteiger partial charge in [0.2, 0.25) is 0 Å². The maximum atomic E-state index is 11.6. The Hall–Kier alpha value is -6.65. The first kappa shape index (κ1) is 32.0. The summed E-state index contributed by atoms with van der Waals surface area (Å²) in [7, 11) is 5.76. The second-order valence-electron chi connectivity index (χ2n) is 14.5. The molecule has 0 atom stereocenters. The minimum absolute atomic E-state index is 0.115. The van der Waals surface area contributed by atoms with Crippen LogP contribution in [0.3, 0.4) is 0 Å². The second kappa shape index (κ2) is 12.2. The van der Waals surface area contributed by atoms with E-state index in [4.69, 9.17) is 4.42 Å². The maximum absolute atomic E-state index is 11.6. The summed E-state index contributed by atoms with van der Waals surface area (Å²) >= 11 is 0. The van der Waals surface area contributed by atoms with Crippen LogP contribution in [0, 0.1) is 0 Å². The first-order chi connectivity index (χ1) is 26.4. The summed E-state index contributed by atoms with van der Waals surface area (Å²) in [5, 5.41) is 31.7. The highest BCUT2D eigenvalue weighted by atomic mass is 16.3. The molecule has 0 fully saturated rings. The third-order valence-electron chi connectivity index (χ3n) is 11.5. The Kier molecular flexibility index (Phi) is 7.25. The molecule has 0 unspecified atom stereocenters. The molecule has 2 N–H and O–H groups in total. The minimum atomic E-state index is 0.115. The Morgan fingerprint density at radius 1 is 0.333 bits per heavy atom. The van der Waals surface area contributed by atoms with E-state index in [0.29, 0.717) is 5.56 Å². The Labute approximate surface area is 315 Å². The molecule has 0 radical (unpaired) electrons. The van der Waals surface area contributed by atoms with Crippen LogP contribution in [0.15, 0.2) is 156 Å². The van der Waals surface area contributed by atoms with E-state index < -0.39 is 0 Å². The molecule has 1 aromatic heterocycles. The Balaban J connectivity index is 1.12. The van der Waals surface area contributed by atoms with E-state index in [1.165, 1.54) is 21.9 Å². The summed E-state index contributed by atoms with van der Waals surface area (Å²) in [6.07, 6.45) is 0. The number of aromatic hydroxyl groups is 2. The average Bonchev–Trinajstić information content (AvgIpc) is 3.59. The normalized spacial score (nSPS) is 11.7. The number of rotatable bonds is 4. The predicted molar refractivity (Wildman–Crippen MR) is 236 cm³/mol. The van der Waals surface area contributed by atoms with Crippen molar-refractivity contribution in [1.82, 2.24) is 0 Å². The topological polar surface area (TPSA) is 53.6 Å². The molecule has 0 aliphatic carbocycles. The standard InChI is InChI=1S/C48H33B3O3/c49-44-45(50)47(52)43(48(53)46(44)51)42-36-14-5-3-12-34(36)41(35-13-4-6-15-37(35)42)32-19-21-39-38(24-32)33-20-18-31(25-40(33)54-39)29-11-7-10-28(23-29)30-17-16-26-8-1-2-9-27(26)22-30/h1-25,52-53H,49-51H2. The third-order valence-corrected chi connectivity index (χ3v) is 11.5. The van der Waals surface area contributed by atoms with Crippen molar-refractivity contribution in [3.8, 4) is 56.0 Å². The molecule has 54 heavy (non-hydrogen) atoms. The first-order valence-electron chi connectivity index (χ1n) is 18.4. The molecule has 0 amide bonds. The van der Waals surface area contributed by atoms with Gasteiger partial charge in [0.05, 0.1) is 5.56 Å². The number of phenolic OH excluding ortho intramolecular Hbond substituents is 2. The third kappa shape index (κ3) is 4.87. The van der Waals surface area contributed by atoms with E-state index in [2.05, 4.69) is 140 Å². The summed E-state index contributed by atoms with van der Waals surface area (Å²) < 4.78 is 6.52. The van der Waals surface area contributed by atoms with Crippen LogP contribution in [-0.4, -0.2) is 33.8 Å². The lowest BCUT2D eigenvalue weighted by Gasteiger charge is -2.21. The number of benzene rings is 9. The van der Waals surface area contributed by atoms with Gasteiger partial charge in [-0.1, -0.05) is 132 Å². The van der Waals surface area contributed by atoms with Crippen molar-refractivity contribution in [3.05, 3.63) is 152 Å². The zero-order valence-corrected chi connectivity index (χ0v) is 30.2. The van der Waals surface area contributed by atoms with Crippen LogP contribution in [0.25, 0.3) is 98.8 Å². The highest BCUT2D eigenvalue weighted by Crippen LogP contribution is 2.48. The van der Waals surface area contributed by atoms with E-state index in [1.54, 1.807) is 0 Å². The van der Waals surface area contributed by atoms with E-state index in [1.807, 2.05) is 35.7 Å². The summed E-state index contributed by atoms with van der Waals surface area (Å²) in [5.74, 6) is 0.231. The largest absolute Gasteiger partial charge is 0.508 e. The number of phenols is 2. The molecule has 10 rings (SSSR count). The summed E-state index contributed by atoms with van der Waals surface area (Å²) in [5.41, 5.74) is 12.2. The molecular weight excluding hydrogens is 657 g/mol. The highest BCUT2D eigenvalue weighted by Gasteiger charge is 2.24. The fourth-order valence-corrected chi connectivity index (χ4v) is 8.43. The first-order valence-corrected chi connectivity index (χ1v) is 18.4. The highest BCUT2D eigenvalue weighted by molar-refractivity contribution is 6.59. The van der Waals surface area contributed by atoms with Crippen molar-refractivity contribution in [2.24, 2.45) is 0 Å². The molecule has 0 bridgehead atoms. The van der Waals surface area contributed by atoms with Crippen LogP contribution in [0.4, 0.5) is 0 Å². The van der Waals surface area contributed by atoms with Gasteiger partial charge in [-0.3, -0.25) is 0 Å². The van der Waals surface area contributed by atoms with Crippen molar-refractivity contribution in [2.45, 2.75) is 0 Å². The van der Waals surface area contributed by atoms with Gasteiger partial charge in [0.1, 0.15) is 46.2 Å². The average molecular weight is 690 g/mol. The number of hydrogen-bond acceptors (Lipinski definition) is 3. The van der Waals surface area contributed by atoms with Gasteiger partial charge in [-0.25, -0.2) is 0 Å². The molecule has 9 aromatic carbocycles. The van der Waals surface area contributed by atoms with E-state index in [9.17, 15) is 10.2 Å². The molecule has 10 aromatic rings. The van der Waals surface area contributed by atoms with Gasteiger partial charge >= 0.3 is 0 Å². The lowest BCUT2D eigenvalue weighted by atomic mass is 9.69. The van der Waals surface area contributed by atoms with Crippen LogP contribution >= 0.6 is 0 Å². The number of furan rings is 1. The molecule has 3 nitrogen and oxygen atoms in total. The second-order valence-corrected chi connectivity index (χ2v) is 14.5. The van der Waals surface area contributed by atoms with Gasteiger partial charge in [-0.15, -0.1) is 0 Å². The van der Waals surface area contributed by atoms with Gasteiger partial charge in [-0.2, -0.15) is 0 Å². The summed E-state index contributed by atoms with van der Waals surface area (Å²) in [6.45, 7) is 0. The van der Waals surface area contributed by atoms with E-state index in [-0.39, 0.29) is 11.5 Å². The Morgan fingerprint density at radius 3 is 1.54 bits per heavy atom. The van der Waals surface area contributed by atoms with Crippen LogP contribution in [0.2, 0.25) is 0 Å². The molecule has 0 spiro atoms. The van der Waals surface area contributed by atoms with Crippen LogP contribution in [-0.2, 0) is 0 Å². The molecule has 0 saturated carbocycles.